The third kappa shape index (κ3) is 4.34. The Balaban J connectivity index is 2.65. The maximum absolute atomic E-state index is 11.2. The number of amides is 1. The zero-order valence-electron chi connectivity index (χ0n) is 9.09. The number of benzene rings is 1. The van der Waals surface area contributed by atoms with Crippen LogP contribution in [0.3, 0.4) is 0 Å². The van der Waals surface area contributed by atoms with Crippen LogP contribution in [0.15, 0.2) is 30.3 Å². The summed E-state index contributed by atoms with van der Waals surface area (Å²) in [5.41, 5.74) is 0.817. The van der Waals surface area contributed by atoms with E-state index in [2.05, 4.69) is 5.32 Å². The average Bonchev–Trinajstić information content (AvgIpc) is 2.29. The predicted octanol–water partition coefficient (Wildman–Crippen LogP) is 0.712. The zero-order valence-corrected chi connectivity index (χ0v) is 9.09. The molecule has 0 aliphatic rings. The van der Waals surface area contributed by atoms with Crippen molar-refractivity contribution in [3.8, 4) is 6.07 Å². The molecule has 2 N–H and O–H groups in total. The van der Waals surface area contributed by atoms with Gasteiger partial charge in [0, 0.05) is 6.42 Å². The number of carbonyl (C=O) groups is 2. The maximum Gasteiger partial charge on any atom is 0.326 e. The lowest BCUT2D eigenvalue weighted by atomic mass is 10.1. The Kier molecular flexibility index (Phi) is 4.70. The summed E-state index contributed by atoms with van der Waals surface area (Å²) < 4.78 is 0. The number of hydrogen-bond donors (Lipinski definition) is 2. The number of aliphatic carboxylic acids is 1. The molecule has 1 rings (SSSR count). The summed E-state index contributed by atoms with van der Waals surface area (Å²) in [6, 6.07) is 9.66. The van der Waals surface area contributed by atoms with Crippen molar-refractivity contribution in [1.29, 1.82) is 5.26 Å². The van der Waals surface area contributed by atoms with Crippen LogP contribution in [0.4, 0.5) is 0 Å². The lowest BCUT2D eigenvalue weighted by molar-refractivity contribution is -0.141. The number of hydrogen-bond acceptors (Lipinski definition) is 3. The van der Waals surface area contributed by atoms with E-state index in [9.17, 15) is 9.59 Å². The van der Waals surface area contributed by atoms with Crippen LogP contribution in [0.2, 0.25) is 0 Å². The van der Waals surface area contributed by atoms with Gasteiger partial charge in [-0.25, -0.2) is 4.79 Å². The first-order chi connectivity index (χ1) is 8.13. The van der Waals surface area contributed by atoms with Crippen LogP contribution in [-0.4, -0.2) is 23.0 Å². The number of carboxylic acid groups (broad SMARTS) is 1. The fourth-order valence-corrected chi connectivity index (χ4v) is 1.37. The zero-order chi connectivity index (χ0) is 12.7. The molecule has 0 saturated heterocycles. The van der Waals surface area contributed by atoms with Gasteiger partial charge in [0.05, 0.1) is 6.07 Å². The number of nitrogens with zero attached hydrogens (tertiary/aromatic N) is 1. The Morgan fingerprint density at radius 1 is 1.35 bits per heavy atom. The Morgan fingerprint density at radius 3 is 2.53 bits per heavy atom. The van der Waals surface area contributed by atoms with E-state index in [-0.39, 0.29) is 12.8 Å². The SMILES string of the molecule is N#CCC(=O)NC(Cc1ccccc1)C(=O)O. The molecule has 1 aromatic rings. The second-order valence-corrected chi connectivity index (χ2v) is 3.48. The van der Waals surface area contributed by atoms with Crippen molar-refractivity contribution in [3.05, 3.63) is 35.9 Å². The van der Waals surface area contributed by atoms with Gasteiger partial charge in [-0.1, -0.05) is 30.3 Å². The van der Waals surface area contributed by atoms with Crippen LogP contribution in [0.5, 0.6) is 0 Å². The molecule has 0 heterocycles. The number of nitrogens with one attached hydrogen (secondary N) is 1. The molecule has 1 aromatic carbocycles. The summed E-state index contributed by atoms with van der Waals surface area (Å²) >= 11 is 0. The fourth-order valence-electron chi connectivity index (χ4n) is 1.37. The third-order valence-electron chi connectivity index (χ3n) is 2.16. The molecule has 1 unspecified atom stereocenters. The molecule has 0 radical (unpaired) electrons. The lowest BCUT2D eigenvalue weighted by Gasteiger charge is -2.13. The molecule has 0 saturated carbocycles. The van der Waals surface area contributed by atoms with Crippen LogP contribution in [0.1, 0.15) is 12.0 Å². The van der Waals surface area contributed by atoms with E-state index < -0.39 is 17.9 Å². The monoisotopic (exact) mass is 232 g/mol. The van der Waals surface area contributed by atoms with Gasteiger partial charge in [-0.05, 0) is 5.56 Å². The van der Waals surface area contributed by atoms with Crippen molar-refractivity contribution in [2.24, 2.45) is 0 Å². The van der Waals surface area contributed by atoms with Crippen molar-refractivity contribution in [1.82, 2.24) is 5.32 Å². The summed E-state index contributed by atoms with van der Waals surface area (Å²) in [7, 11) is 0. The van der Waals surface area contributed by atoms with Crippen LogP contribution < -0.4 is 5.32 Å². The van der Waals surface area contributed by atoms with Crippen LogP contribution in [-0.2, 0) is 16.0 Å². The molecule has 0 spiro atoms. The second kappa shape index (κ2) is 6.28. The average molecular weight is 232 g/mol. The molecular weight excluding hydrogens is 220 g/mol. The molecule has 1 atom stereocenters. The first kappa shape index (κ1) is 12.7. The summed E-state index contributed by atoms with van der Waals surface area (Å²) in [6.45, 7) is 0. The van der Waals surface area contributed by atoms with E-state index >= 15 is 0 Å². The predicted molar refractivity (Wildman–Crippen MR) is 59.9 cm³/mol. The topological polar surface area (TPSA) is 90.2 Å². The molecule has 17 heavy (non-hydrogen) atoms. The van der Waals surface area contributed by atoms with Gasteiger partial charge < -0.3 is 10.4 Å². The minimum atomic E-state index is -1.11. The largest absolute Gasteiger partial charge is 0.480 e. The number of carboxylic acids is 1. The lowest BCUT2D eigenvalue weighted by Crippen LogP contribution is -2.42. The standard InChI is InChI=1S/C12H12N2O3/c13-7-6-11(15)14-10(12(16)17)8-9-4-2-1-3-5-9/h1-5,10H,6,8H2,(H,14,15)(H,16,17). The van der Waals surface area contributed by atoms with E-state index in [0.29, 0.717) is 0 Å². The first-order valence-electron chi connectivity index (χ1n) is 5.06. The molecule has 1 amide bonds. The quantitative estimate of drug-likeness (QED) is 0.782. The Bertz CT molecular complexity index is 437. The first-order valence-corrected chi connectivity index (χ1v) is 5.06. The molecule has 0 aromatic heterocycles. The molecule has 5 heteroatoms. The van der Waals surface area contributed by atoms with Crippen molar-refractivity contribution in [2.45, 2.75) is 18.9 Å². The highest BCUT2D eigenvalue weighted by Gasteiger charge is 2.19. The van der Waals surface area contributed by atoms with Gasteiger partial charge in [0.2, 0.25) is 5.91 Å². The Hall–Kier alpha value is -2.35. The maximum atomic E-state index is 11.2. The Labute approximate surface area is 98.7 Å². The molecule has 0 aliphatic carbocycles. The number of carbonyl (C=O) groups excluding carboxylic acids is 1. The van der Waals surface area contributed by atoms with Gasteiger partial charge >= 0.3 is 5.97 Å². The summed E-state index contributed by atoms with van der Waals surface area (Å²) in [5.74, 6) is -1.68. The summed E-state index contributed by atoms with van der Waals surface area (Å²) in [5, 5.41) is 19.6. The van der Waals surface area contributed by atoms with Gasteiger partial charge in [0.25, 0.3) is 0 Å². The molecule has 0 fully saturated rings. The minimum absolute atomic E-state index is 0.202. The van der Waals surface area contributed by atoms with E-state index in [1.54, 1.807) is 30.3 Å². The van der Waals surface area contributed by atoms with Crippen molar-refractivity contribution in [2.75, 3.05) is 0 Å². The van der Waals surface area contributed by atoms with E-state index in [0.717, 1.165) is 5.56 Å². The molecular formula is C12H12N2O3. The molecule has 88 valence electrons. The molecule has 5 nitrogen and oxygen atoms in total. The van der Waals surface area contributed by atoms with Crippen LogP contribution in [0.25, 0.3) is 0 Å². The fraction of sp³-hybridized carbons (Fsp3) is 0.250. The smallest absolute Gasteiger partial charge is 0.326 e. The summed E-state index contributed by atoms with van der Waals surface area (Å²) in [6.07, 6.45) is -0.133. The normalized spacial score (nSPS) is 11.2. The third-order valence-corrected chi connectivity index (χ3v) is 2.16. The Morgan fingerprint density at radius 2 is 2.00 bits per heavy atom. The number of nitriles is 1. The van der Waals surface area contributed by atoms with Gasteiger partial charge in [0.1, 0.15) is 12.5 Å². The van der Waals surface area contributed by atoms with Gasteiger partial charge in [-0.15, -0.1) is 0 Å². The van der Waals surface area contributed by atoms with Crippen molar-refractivity contribution >= 4 is 11.9 Å². The van der Waals surface area contributed by atoms with Gasteiger partial charge in [0.15, 0.2) is 0 Å². The number of rotatable bonds is 5. The van der Waals surface area contributed by atoms with Crippen molar-refractivity contribution < 1.29 is 14.7 Å². The summed E-state index contributed by atoms with van der Waals surface area (Å²) in [4.78, 5) is 22.1. The van der Waals surface area contributed by atoms with E-state index in [1.807, 2.05) is 6.07 Å². The van der Waals surface area contributed by atoms with Gasteiger partial charge in [-0.3, -0.25) is 4.79 Å². The van der Waals surface area contributed by atoms with E-state index in [1.165, 1.54) is 0 Å². The van der Waals surface area contributed by atoms with Crippen LogP contribution in [0, 0.1) is 11.3 Å². The molecule has 0 bridgehead atoms. The van der Waals surface area contributed by atoms with Crippen molar-refractivity contribution in [3.63, 3.8) is 0 Å². The molecule has 0 aliphatic heterocycles. The minimum Gasteiger partial charge on any atom is -0.480 e. The van der Waals surface area contributed by atoms with Gasteiger partial charge in [-0.2, -0.15) is 5.26 Å². The second-order valence-electron chi connectivity index (χ2n) is 3.48. The highest BCUT2D eigenvalue weighted by atomic mass is 16.4. The highest BCUT2D eigenvalue weighted by molar-refractivity contribution is 5.84. The van der Waals surface area contributed by atoms with E-state index in [4.69, 9.17) is 10.4 Å². The van der Waals surface area contributed by atoms with Crippen LogP contribution >= 0.6 is 0 Å². The highest BCUT2D eigenvalue weighted by Crippen LogP contribution is 2.03.